The Morgan fingerprint density at radius 2 is 1.10 bits per heavy atom. The molecule has 0 saturated carbocycles. The Morgan fingerprint density at radius 3 is 1.85 bits per heavy atom. The van der Waals surface area contributed by atoms with Gasteiger partial charge in [-0.2, -0.15) is 9.13 Å². The monoisotopic (exact) mass is 813 g/mol. The molecule has 3 heterocycles. The van der Waals surface area contributed by atoms with E-state index in [2.05, 4.69) is 252 Å². The fourth-order valence-corrected chi connectivity index (χ4v) is 14.6. The molecule has 0 bridgehead atoms. The van der Waals surface area contributed by atoms with Gasteiger partial charge in [-0.25, -0.2) is 4.98 Å². The molecule has 0 unspecified atom stereocenters. The highest BCUT2D eigenvalue weighted by Gasteiger charge is 2.42. The summed E-state index contributed by atoms with van der Waals surface area (Å²) in [7, 11) is -3.02. The van der Waals surface area contributed by atoms with Gasteiger partial charge in [0.05, 0.1) is 11.0 Å². The van der Waals surface area contributed by atoms with Crippen molar-refractivity contribution >= 4 is 61.7 Å². The average Bonchev–Trinajstić information content (AvgIpc) is 3.89. The molecule has 0 fully saturated rings. The Balaban J connectivity index is 1.18. The summed E-state index contributed by atoms with van der Waals surface area (Å²) in [5.41, 5.74) is 10.6. The van der Waals surface area contributed by atoms with Crippen LogP contribution in [0.5, 0.6) is 0 Å². The molecule has 296 valence electrons. The number of imidazole rings is 1. The normalized spacial score (nSPS) is 11.9. The van der Waals surface area contributed by atoms with Gasteiger partial charge in [-0.05, 0) is 104 Å². The second-order valence-corrected chi connectivity index (χ2v) is 20.3. The van der Waals surface area contributed by atoms with Crippen LogP contribution in [0.3, 0.4) is 0 Å². The van der Waals surface area contributed by atoms with E-state index in [9.17, 15) is 0 Å². The fourth-order valence-electron chi connectivity index (χ4n) is 9.80. The topological polar surface area (TPSA) is 26.6 Å². The number of nitrogens with zero attached hydrogens (tertiary/aromatic N) is 4. The summed E-state index contributed by atoms with van der Waals surface area (Å²) < 4.78 is 7.02. The lowest BCUT2D eigenvalue weighted by Crippen LogP contribution is -2.74. The SMILES string of the molecule is CC(C)c1ccccc1-c1ccnc(-n2c3ccccc3c3ccc([Si](c4ccccc4)(c4ccccc4)c4cccc(-n5c[n+](-c6ccccc6)c6ccccc65)c4)cc32)c1. The summed E-state index contributed by atoms with van der Waals surface area (Å²) >= 11 is 0. The number of benzene rings is 8. The van der Waals surface area contributed by atoms with Crippen LogP contribution in [0.15, 0.2) is 231 Å². The van der Waals surface area contributed by atoms with Crippen molar-refractivity contribution in [2.45, 2.75) is 19.8 Å². The van der Waals surface area contributed by atoms with E-state index in [1.165, 1.54) is 48.2 Å². The van der Waals surface area contributed by atoms with Crippen molar-refractivity contribution in [3.63, 3.8) is 0 Å². The molecule has 0 radical (unpaired) electrons. The van der Waals surface area contributed by atoms with Crippen LogP contribution in [-0.4, -0.2) is 22.2 Å². The van der Waals surface area contributed by atoms with Gasteiger partial charge in [-0.15, -0.1) is 0 Å². The molecule has 0 aliphatic rings. The van der Waals surface area contributed by atoms with Crippen LogP contribution in [0.1, 0.15) is 25.3 Å². The molecule has 0 amide bonds. The summed E-state index contributed by atoms with van der Waals surface area (Å²) in [4.78, 5) is 5.11. The Kier molecular flexibility index (Phi) is 9.32. The summed E-state index contributed by atoms with van der Waals surface area (Å²) in [5.74, 6) is 1.30. The zero-order valence-electron chi connectivity index (χ0n) is 34.8. The molecule has 0 aliphatic carbocycles. The minimum atomic E-state index is -3.02. The van der Waals surface area contributed by atoms with Crippen LogP contribution >= 0.6 is 0 Å². The smallest absolute Gasteiger partial charge is 0.255 e. The number of hydrogen-bond donors (Lipinski definition) is 0. The average molecular weight is 814 g/mol. The minimum absolute atomic E-state index is 0.395. The Hall–Kier alpha value is -7.60. The lowest BCUT2D eigenvalue weighted by Gasteiger charge is -2.34. The maximum Gasteiger partial charge on any atom is 0.255 e. The number of aromatic nitrogens is 4. The van der Waals surface area contributed by atoms with Gasteiger partial charge in [0.15, 0.2) is 19.1 Å². The molecule has 0 spiro atoms. The zero-order chi connectivity index (χ0) is 41.6. The second-order valence-electron chi connectivity index (χ2n) is 16.4. The Bertz CT molecular complexity index is 3350. The summed E-state index contributed by atoms with van der Waals surface area (Å²) in [6.07, 6.45) is 4.20. The van der Waals surface area contributed by atoms with Gasteiger partial charge in [0.1, 0.15) is 17.2 Å². The largest absolute Gasteiger partial charge is 0.294 e. The zero-order valence-corrected chi connectivity index (χ0v) is 35.8. The van der Waals surface area contributed by atoms with Gasteiger partial charge >= 0.3 is 0 Å². The van der Waals surface area contributed by atoms with Gasteiger partial charge < -0.3 is 0 Å². The molecule has 3 aromatic heterocycles. The first kappa shape index (κ1) is 37.4. The van der Waals surface area contributed by atoms with Crippen molar-refractivity contribution in [3.8, 4) is 28.3 Å². The second kappa shape index (κ2) is 15.5. The van der Waals surface area contributed by atoms with Crippen LogP contribution < -0.4 is 25.3 Å². The van der Waals surface area contributed by atoms with E-state index in [0.29, 0.717) is 5.92 Å². The van der Waals surface area contributed by atoms with Crippen LogP contribution in [0.25, 0.3) is 61.2 Å². The molecule has 5 heteroatoms. The highest BCUT2D eigenvalue weighted by atomic mass is 28.3. The molecule has 8 aromatic carbocycles. The highest BCUT2D eigenvalue weighted by molar-refractivity contribution is 7.20. The molecular weight excluding hydrogens is 769 g/mol. The molecule has 4 nitrogen and oxygen atoms in total. The van der Waals surface area contributed by atoms with Crippen molar-refractivity contribution in [1.82, 2.24) is 14.1 Å². The molecule has 0 saturated heterocycles. The fraction of sp³-hybridized carbons (Fsp3) is 0.0526. The standard InChI is InChI=1S/C57H45N4Si/c1-41(2)49-27-12-13-28-50(49)42-35-36-58-57(37-42)61-53-30-15-14-29-51(53)52-34-33-48(39-56(52)61)62(45-22-8-4-9-23-45,46-24-10-5-11-25-46)47-26-18-21-44(38-47)60-40-59(43-19-6-3-7-20-43)54-31-16-17-32-55(54)60/h3-41H,1-2H3/q+1. The third kappa shape index (κ3) is 6.12. The molecular formula is C57H45N4Si+. The van der Waals surface area contributed by atoms with Crippen molar-refractivity contribution in [1.29, 1.82) is 0 Å². The van der Waals surface area contributed by atoms with Gasteiger partial charge in [0, 0.05) is 17.0 Å². The van der Waals surface area contributed by atoms with Crippen molar-refractivity contribution < 1.29 is 4.57 Å². The maximum absolute atomic E-state index is 5.11. The number of fused-ring (bicyclic) bond motifs is 4. The van der Waals surface area contributed by atoms with Crippen molar-refractivity contribution in [3.05, 3.63) is 236 Å². The first-order valence-corrected chi connectivity index (χ1v) is 23.5. The summed E-state index contributed by atoms with van der Waals surface area (Å²) in [5, 5.41) is 7.69. The molecule has 11 aromatic rings. The van der Waals surface area contributed by atoms with Crippen LogP contribution in [0.4, 0.5) is 0 Å². The van der Waals surface area contributed by atoms with E-state index in [0.717, 1.165) is 39.3 Å². The number of hydrogen-bond acceptors (Lipinski definition) is 1. The predicted molar refractivity (Wildman–Crippen MR) is 260 cm³/mol. The van der Waals surface area contributed by atoms with Crippen LogP contribution in [0, 0.1) is 0 Å². The first-order valence-electron chi connectivity index (χ1n) is 21.5. The van der Waals surface area contributed by atoms with Gasteiger partial charge in [0.2, 0.25) is 0 Å². The number of rotatable bonds is 9. The highest BCUT2D eigenvalue weighted by Crippen LogP contribution is 2.34. The van der Waals surface area contributed by atoms with Crippen molar-refractivity contribution in [2.75, 3.05) is 0 Å². The van der Waals surface area contributed by atoms with Crippen LogP contribution in [0.2, 0.25) is 0 Å². The van der Waals surface area contributed by atoms with E-state index >= 15 is 0 Å². The third-order valence-corrected chi connectivity index (χ3v) is 17.4. The number of pyridine rings is 1. The first-order chi connectivity index (χ1) is 30.6. The van der Waals surface area contributed by atoms with Crippen molar-refractivity contribution in [2.24, 2.45) is 0 Å². The summed E-state index contributed by atoms with van der Waals surface area (Å²) in [6, 6.07) is 80.3. The molecule has 0 aliphatic heterocycles. The van der Waals surface area contributed by atoms with Gasteiger partial charge in [0.25, 0.3) is 6.33 Å². The molecule has 0 atom stereocenters. The predicted octanol–water partition coefficient (Wildman–Crippen LogP) is 10.6. The van der Waals surface area contributed by atoms with Gasteiger partial charge in [-0.3, -0.25) is 4.57 Å². The Labute approximate surface area is 363 Å². The molecule has 62 heavy (non-hydrogen) atoms. The van der Waals surface area contributed by atoms with E-state index in [-0.39, 0.29) is 0 Å². The lowest BCUT2D eigenvalue weighted by atomic mass is 9.93. The van der Waals surface area contributed by atoms with Gasteiger partial charge in [-0.1, -0.05) is 172 Å². The molecule has 11 rings (SSSR count). The van der Waals surface area contributed by atoms with E-state index in [1.54, 1.807) is 0 Å². The lowest BCUT2D eigenvalue weighted by molar-refractivity contribution is -0.567. The Morgan fingerprint density at radius 1 is 0.484 bits per heavy atom. The third-order valence-electron chi connectivity index (χ3n) is 12.6. The van der Waals surface area contributed by atoms with E-state index < -0.39 is 8.07 Å². The minimum Gasteiger partial charge on any atom is -0.294 e. The maximum atomic E-state index is 5.11. The quantitative estimate of drug-likeness (QED) is 0.0810. The number of para-hydroxylation sites is 4. The van der Waals surface area contributed by atoms with E-state index in [4.69, 9.17) is 4.98 Å². The molecule has 0 N–H and O–H groups in total. The van der Waals surface area contributed by atoms with Crippen LogP contribution in [-0.2, 0) is 0 Å². The summed E-state index contributed by atoms with van der Waals surface area (Å²) in [6.45, 7) is 4.53. The van der Waals surface area contributed by atoms with E-state index in [1.807, 2.05) is 6.20 Å².